The summed E-state index contributed by atoms with van der Waals surface area (Å²) >= 11 is 0. The van der Waals surface area contributed by atoms with Crippen LogP contribution in [0.2, 0.25) is 0 Å². The zero-order chi connectivity index (χ0) is 24.3. The van der Waals surface area contributed by atoms with Crippen LogP contribution in [-0.4, -0.2) is 53.7 Å². The first kappa shape index (κ1) is 24.3. The third kappa shape index (κ3) is 5.12. The third-order valence-electron chi connectivity index (χ3n) is 7.38. The van der Waals surface area contributed by atoms with Gasteiger partial charge >= 0.3 is 5.63 Å². The number of rotatable bonds is 7. The van der Waals surface area contributed by atoms with Crippen molar-refractivity contribution in [3.05, 3.63) is 39.7 Å². The van der Waals surface area contributed by atoms with E-state index in [9.17, 15) is 19.5 Å². The van der Waals surface area contributed by atoms with Gasteiger partial charge in [0.2, 0.25) is 5.91 Å². The average Bonchev–Trinajstić information content (AvgIpc) is 2.82. The Balaban J connectivity index is 1.25. The highest BCUT2D eigenvalue weighted by atomic mass is 16.5. The lowest BCUT2D eigenvalue weighted by atomic mass is 9.71. The van der Waals surface area contributed by atoms with Crippen LogP contribution in [-0.2, 0) is 16.0 Å². The smallest absolute Gasteiger partial charge is 0.336 e. The normalized spacial score (nSPS) is 22.3. The molecule has 1 saturated heterocycles. The zero-order valence-corrected chi connectivity index (χ0v) is 20.0. The van der Waals surface area contributed by atoms with E-state index in [4.69, 9.17) is 9.15 Å². The molecule has 4 rings (SSSR count). The number of piperidine rings is 1. The number of nitrogens with zero attached hydrogens (tertiary/aromatic N) is 1. The molecule has 1 aliphatic heterocycles. The maximum absolute atomic E-state index is 12.6. The number of benzene rings is 1. The Morgan fingerprint density at radius 3 is 2.91 bits per heavy atom. The molecule has 2 atom stereocenters. The van der Waals surface area contributed by atoms with Crippen LogP contribution in [0.4, 0.5) is 0 Å². The van der Waals surface area contributed by atoms with Gasteiger partial charge in [-0.05, 0) is 50.3 Å². The topological polar surface area (TPSA) is 109 Å². The Kier molecular flexibility index (Phi) is 7.26. The summed E-state index contributed by atoms with van der Waals surface area (Å²) in [4.78, 5) is 38.6. The van der Waals surface area contributed by atoms with Crippen molar-refractivity contribution in [2.75, 3.05) is 26.2 Å². The molecule has 8 nitrogen and oxygen atoms in total. The summed E-state index contributed by atoms with van der Waals surface area (Å²) in [5.74, 6) is 0.311. The lowest BCUT2D eigenvalue weighted by Gasteiger charge is -2.47. The van der Waals surface area contributed by atoms with Gasteiger partial charge in [-0.2, -0.15) is 0 Å². The van der Waals surface area contributed by atoms with Crippen LogP contribution in [0.5, 0.6) is 5.75 Å². The summed E-state index contributed by atoms with van der Waals surface area (Å²) in [6.07, 6.45) is 5.52. The SMILES string of the molecule is CCc1cc(=O)oc2c(C)c(OCC(=O)NCCC(=O)N3CC[C@@]4(O)CCCC[C@H]4C3)ccc12. The van der Waals surface area contributed by atoms with E-state index in [-0.39, 0.29) is 37.3 Å². The number of hydrogen-bond acceptors (Lipinski definition) is 6. The van der Waals surface area contributed by atoms with Crippen molar-refractivity contribution in [1.29, 1.82) is 0 Å². The first-order chi connectivity index (χ1) is 16.3. The maximum Gasteiger partial charge on any atom is 0.336 e. The highest BCUT2D eigenvalue weighted by Gasteiger charge is 2.43. The fraction of sp³-hybridized carbons (Fsp3) is 0.577. The van der Waals surface area contributed by atoms with Gasteiger partial charge in [-0.15, -0.1) is 0 Å². The first-order valence-electron chi connectivity index (χ1n) is 12.3. The highest BCUT2D eigenvalue weighted by Crippen LogP contribution is 2.39. The van der Waals surface area contributed by atoms with Crippen LogP contribution < -0.4 is 15.7 Å². The lowest BCUT2D eigenvalue weighted by Crippen LogP contribution is -2.54. The molecule has 1 saturated carbocycles. The van der Waals surface area contributed by atoms with Gasteiger partial charge in [0.15, 0.2) is 6.61 Å². The minimum atomic E-state index is -0.609. The predicted molar refractivity (Wildman–Crippen MR) is 128 cm³/mol. The molecule has 34 heavy (non-hydrogen) atoms. The van der Waals surface area contributed by atoms with E-state index >= 15 is 0 Å². The monoisotopic (exact) mass is 470 g/mol. The van der Waals surface area contributed by atoms with Crippen molar-refractivity contribution < 1.29 is 23.8 Å². The third-order valence-corrected chi connectivity index (χ3v) is 7.38. The van der Waals surface area contributed by atoms with E-state index < -0.39 is 11.2 Å². The fourth-order valence-corrected chi connectivity index (χ4v) is 5.32. The van der Waals surface area contributed by atoms with Gasteiger partial charge < -0.3 is 24.5 Å². The van der Waals surface area contributed by atoms with E-state index in [0.29, 0.717) is 42.8 Å². The number of hydrogen-bond donors (Lipinski definition) is 2. The molecule has 0 spiro atoms. The van der Waals surface area contributed by atoms with Crippen molar-refractivity contribution in [2.45, 2.75) is 64.4 Å². The number of aliphatic hydroxyl groups is 1. The Morgan fingerprint density at radius 1 is 1.29 bits per heavy atom. The zero-order valence-electron chi connectivity index (χ0n) is 20.0. The number of likely N-dealkylation sites (tertiary alicyclic amines) is 1. The second kappa shape index (κ2) is 10.2. The Bertz CT molecular complexity index is 1130. The van der Waals surface area contributed by atoms with Crippen LogP contribution in [0, 0.1) is 12.8 Å². The number of carbonyl (C=O) groups is 2. The number of fused-ring (bicyclic) bond motifs is 2. The Morgan fingerprint density at radius 2 is 2.12 bits per heavy atom. The molecule has 0 unspecified atom stereocenters. The van der Waals surface area contributed by atoms with Crippen molar-refractivity contribution in [3.63, 3.8) is 0 Å². The van der Waals surface area contributed by atoms with Gasteiger partial charge in [-0.1, -0.05) is 19.8 Å². The molecule has 2 heterocycles. The molecule has 2 aromatic rings. The number of nitrogens with one attached hydrogen (secondary N) is 1. The minimum Gasteiger partial charge on any atom is -0.483 e. The Hall–Kier alpha value is -2.87. The summed E-state index contributed by atoms with van der Waals surface area (Å²) < 4.78 is 11.0. The molecular formula is C26H34N2O6. The minimum absolute atomic E-state index is 0.000901. The molecule has 0 bridgehead atoms. The summed E-state index contributed by atoms with van der Waals surface area (Å²) in [5.41, 5.74) is 1.03. The van der Waals surface area contributed by atoms with E-state index in [1.54, 1.807) is 13.0 Å². The predicted octanol–water partition coefficient (Wildman–Crippen LogP) is 2.70. The molecule has 1 aromatic heterocycles. The number of carbonyl (C=O) groups excluding carboxylic acids is 2. The molecular weight excluding hydrogens is 436 g/mol. The standard InChI is InChI=1S/C26H34N2O6/c1-3-18-14-24(31)34-25-17(2)21(8-7-20(18)25)33-16-22(29)27-12-9-23(30)28-13-11-26(32)10-5-4-6-19(26)15-28/h7-8,14,19,32H,3-6,9-13,15-16H2,1-2H3,(H,27,29)/t19-,26-/m0/s1. The van der Waals surface area contributed by atoms with Crippen LogP contribution in [0.1, 0.15) is 56.6 Å². The van der Waals surface area contributed by atoms with Gasteiger partial charge in [0.05, 0.1) is 5.60 Å². The quantitative estimate of drug-likeness (QED) is 0.603. The lowest BCUT2D eigenvalue weighted by molar-refractivity contribution is -0.143. The Labute approximate surface area is 199 Å². The van der Waals surface area contributed by atoms with Gasteiger partial charge in [-0.25, -0.2) is 4.79 Å². The fourth-order valence-electron chi connectivity index (χ4n) is 5.32. The first-order valence-corrected chi connectivity index (χ1v) is 12.3. The molecule has 2 aliphatic rings. The number of ether oxygens (including phenoxy) is 1. The molecule has 1 aliphatic carbocycles. The second-order valence-electron chi connectivity index (χ2n) is 9.53. The molecule has 184 valence electrons. The average molecular weight is 471 g/mol. The summed E-state index contributed by atoms with van der Waals surface area (Å²) in [6, 6.07) is 5.11. The van der Waals surface area contributed by atoms with Crippen LogP contribution in [0.25, 0.3) is 11.0 Å². The maximum atomic E-state index is 12.6. The number of aryl methyl sites for hydroxylation is 2. The van der Waals surface area contributed by atoms with E-state index in [1.165, 1.54) is 6.07 Å². The van der Waals surface area contributed by atoms with Gasteiger partial charge in [0, 0.05) is 49.0 Å². The van der Waals surface area contributed by atoms with Crippen molar-refractivity contribution in [1.82, 2.24) is 10.2 Å². The van der Waals surface area contributed by atoms with Crippen LogP contribution >= 0.6 is 0 Å². The van der Waals surface area contributed by atoms with Crippen LogP contribution in [0.15, 0.2) is 27.4 Å². The molecule has 2 fully saturated rings. The van der Waals surface area contributed by atoms with E-state index in [2.05, 4.69) is 5.32 Å². The van der Waals surface area contributed by atoms with Gasteiger partial charge in [-0.3, -0.25) is 9.59 Å². The summed E-state index contributed by atoms with van der Waals surface area (Å²) in [5, 5.41) is 14.4. The van der Waals surface area contributed by atoms with E-state index in [1.807, 2.05) is 17.9 Å². The molecule has 2 amide bonds. The van der Waals surface area contributed by atoms with Gasteiger partial charge in [0.25, 0.3) is 5.91 Å². The summed E-state index contributed by atoms with van der Waals surface area (Å²) in [7, 11) is 0. The van der Waals surface area contributed by atoms with Crippen molar-refractivity contribution >= 4 is 22.8 Å². The second-order valence-corrected chi connectivity index (χ2v) is 9.53. The van der Waals surface area contributed by atoms with Gasteiger partial charge in [0.1, 0.15) is 11.3 Å². The number of amides is 2. The highest BCUT2D eigenvalue weighted by molar-refractivity contribution is 5.85. The summed E-state index contributed by atoms with van der Waals surface area (Å²) in [6.45, 7) is 4.98. The van der Waals surface area contributed by atoms with Crippen molar-refractivity contribution in [2.24, 2.45) is 5.92 Å². The molecule has 8 heteroatoms. The molecule has 1 aromatic carbocycles. The van der Waals surface area contributed by atoms with Crippen molar-refractivity contribution in [3.8, 4) is 5.75 Å². The van der Waals surface area contributed by atoms with Crippen LogP contribution in [0.3, 0.4) is 0 Å². The molecule has 2 N–H and O–H groups in total. The van der Waals surface area contributed by atoms with E-state index in [0.717, 1.165) is 36.6 Å². The largest absolute Gasteiger partial charge is 0.483 e. The molecule has 0 radical (unpaired) electrons.